The molecule has 0 unspecified atom stereocenters. The average molecular weight is 312 g/mol. The fourth-order valence-electron chi connectivity index (χ4n) is 1.69. The Kier molecular flexibility index (Phi) is 6.69. The minimum absolute atomic E-state index is 0.325. The maximum atomic E-state index is 12.0. The van der Waals surface area contributed by atoms with Crippen LogP contribution in [0.5, 0.6) is 0 Å². The van der Waals surface area contributed by atoms with Gasteiger partial charge in [-0.05, 0) is 43.9 Å². The third-order valence-corrected chi connectivity index (χ3v) is 3.54. The molecule has 0 heterocycles. The standard InChI is InChI=1S/C16H22ClNO3/c1-10(2)8-9-15(19)21-12(4)16(20)18-14-7-5-6-13(17)11(14)3/h5-7,10,12H,8-9H2,1-4H3,(H,18,20)/t12-/m0/s1. The van der Waals surface area contributed by atoms with E-state index in [2.05, 4.69) is 5.32 Å². The molecule has 0 aliphatic heterocycles. The average Bonchev–Trinajstić information content (AvgIpc) is 2.41. The first-order valence-electron chi connectivity index (χ1n) is 7.06. The smallest absolute Gasteiger partial charge is 0.306 e. The Morgan fingerprint density at radius 2 is 1.95 bits per heavy atom. The van der Waals surface area contributed by atoms with Gasteiger partial charge in [-0.1, -0.05) is 31.5 Å². The van der Waals surface area contributed by atoms with Crippen molar-refractivity contribution in [2.75, 3.05) is 5.32 Å². The zero-order valence-electron chi connectivity index (χ0n) is 12.9. The Bertz CT molecular complexity index is 514. The van der Waals surface area contributed by atoms with Crippen LogP contribution in [0.4, 0.5) is 5.69 Å². The van der Waals surface area contributed by atoms with Crippen molar-refractivity contribution < 1.29 is 14.3 Å². The molecule has 1 rings (SSSR count). The van der Waals surface area contributed by atoms with Gasteiger partial charge >= 0.3 is 5.97 Å². The van der Waals surface area contributed by atoms with Gasteiger partial charge in [0.05, 0.1) is 0 Å². The topological polar surface area (TPSA) is 55.4 Å². The monoisotopic (exact) mass is 311 g/mol. The Balaban J connectivity index is 2.55. The maximum absolute atomic E-state index is 12.0. The number of nitrogens with one attached hydrogen (secondary N) is 1. The molecule has 1 atom stereocenters. The van der Waals surface area contributed by atoms with Gasteiger partial charge in [0, 0.05) is 17.1 Å². The molecule has 0 fully saturated rings. The summed E-state index contributed by atoms with van der Waals surface area (Å²) >= 11 is 6.00. The molecule has 1 aromatic carbocycles. The number of ether oxygens (including phenoxy) is 1. The molecule has 1 amide bonds. The summed E-state index contributed by atoms with van der Waals surface area (Å²) in [7, 11) is 0. The van der Waals surface area contributed by atoms with E-state index < -0.39 is 6.10 Å². The molecular weight excluding hydrogens is 290 g/mol. The van der Waals surface area contributed by atoms with Crippen LogP contribution in [-0.4, -0.2) is 18.0 Å². The van der Waals surface area contributed by atoms with Gasteiger partial charge in [0.25, 0.3) is 5.91 Å². The van der Waals surface area contributed by atoms with Crippen molar-refractivity contribution in [1.29, 1.82) is 0 Å². The fourth-order valence-corrected chi connectivity index (χ4v) is 1.87. The van der Waals surface area contributed by atoms with E-state index in [0.29, 0.717) is 23.0 Å². The molecule has 0 saturated carbocycles. The summed E-state index contributed by atoms with van der Waals surface area (Å²) in [5.74, 6) is -0.289. The molecule has 0 bridgehead atoms. The quantitative estimate of drug-likeness (QED) is 0.809. The van der Waals surface area contributed by atoms with Crippen molar-refractivity contribution in [2.24, 2.45) is 5.92 Å². The molecule has 0 aliphatic rings. The van der Waals surface area contributed by atoms with Crippen LogP contribution in [0.1, 0.15) is 39.2 Å². The Morgan fingerprint density at radius 1 is 1.29 bits per heavy atom. The van der Waals surface area contributed by atoms with E-state index in [1.165, 1.54) is 0 Å². The second-order valence-electron chi connectivity index (χ2n) is 5.47. The molecule has 0 radical (unpaired) electrons. The maximum Gasteiger partial charge on any atom is 0.306 e. The van der Waals surface area contributed by atoms with Crippen molar-refractivity contribution in [2.45, 2.75) is 46.6 Å². The summed E-state index contributed by atoms with van der Waals surface area (Å²) in [4.78, 5) is 23.6. The lowest BCUT2D eigenvalue weighted by molar-refractivity contribution is -0.153. The molecule has 5 heteroatoms. The SMILES string of the molecule is Cc1c(Cl)cccc1NC(=O)[C@H](C)OC(=O)CCC(C)C. The number of esters is 1. The van der Waals surface area contributed by atoms with E-state index in [1.807, 2.05) is 20.8 Å². The highest BCUT2D eigenvalue weighted by Crippen LogP contribution is 2.23. The predicted molar refractivity (Wildman–Crippen MR) is 84.4 cm³/mol. The Labute approximate surface area is 130 Å². The summed E-state index contributed by atoms with van der Waals surface area (Å²) < 4.78 is 5.12. The first kappa shape index (κ1) is 17.5. The van der Waals surface area contributed by atoms with Gasteiger partial charge in [-0.3, -0.25) is 9.59 Å². The van der Waals surface area contributed by atoms with Gasteiger partial charge in [0.1, 0.15) is 0 Å². The number of hydrogen-bond donors (Lipinski definition) is 1. The molecule has 0 saturated heterocycles. The van der Waals surface area contributed by atoms with Crippen LogP contribution in [0, 0.1) is 12.8 Å². The number of benzene rings is 1. The lowest BCUT2D eigenvalue weighted by Crippen LogP contribution is -2.30. The van der Waals surface area contributed by atoms with Crippen LogP contribution in [0.3, 0.4) is 0 Å². The second-order valence-corrected chi connectivity index (χ2v) is 5.87. The summed E-state index contributed by atoms with van der Waals surface area (Å²) in [6.45, 7) is 7.44. The largest absolute Gasteiger partial charge is 0.453 e. The number of rotatable bonds is 6. The lowest BCUT2D eigenvalue weighted by Gasteiger charge is -2.15. The van der Waals surface area contributed by atoms with E-state index in [4.69, 9.17) is 16.3 Å². The van der Waals surface area contributed by atoms with Crippen molar-refractivity contribution >= 4 is 29.2 Å². The van der Waals surface area contributed by atoms with Crippen LogP contribution >= 0.6 is 11.6 Å². The Morgan fingerprint density at radius 3 is 2.57 bits per heavy atom. The van der Waals surface area contributed by atoms with Crippen LogP contribution in [0.2, 0.25) is 5.02 Å². The number of carbonyl (C=O) groups excluding carboxylic acids is 2. The molecule has 21 heavy (non-hydrogen) atoms. The molecule has 4 nitrogen and oxygen atoms in total. The summed E-state index contributed by atoms with van der Waals surface area (Å²) in [6.07, 6.45) is 0.245. The summed E-state index contributed by atoms with van der Waals surface area (Å²) in [5.41, 5.74) is 1.41. The minimum atomic E-state index is -0.831. The van der Waals surface area contributed by atoms with Crippen molar-refractivity contribution in [3.05, 3.63) is 28.8 Å². The van der Waals surface area contributed by atoms with Gasteiger partial charge in [-0.25, -0.2) is 0 Å². The molecule has 1 aromatic rings. The van der Waals surface area contributed by atoms with Crippen LogP contribution in [-0.2, 0) is 14.3 Å². The van der Waals surface area contributed by atoms with Crippen LogP contribution < -0.4 is 5.32 Å². The number of hydrogen-bond acceptors (Lipinski definition) is 3. The summed E-state index contributed by atoms with van der Waals surface area (Å²) in [5, 5.41) is 3.30. The van der Waals surface area contributed by atoms with E-state index in [-0.39, 0.29) is 11.9 Å². The molecule has 116 valence electrons. The number of carbonyl (C=O) groups is 2. The van der Waals surface area contributed by atoms with Crippen molar-refractivity contribution in [1.82, 2.24) is 0 Å². The first-order chi connectivity index (χ1) is 9.81. The van der Waals surface area contributed by atoms with E-state index in [1.54, 1.807) is 25.1 Å². The number of anilines is 1. The highest BCUT2D eigenvalue weighted by Gasteiger charge is 2.18. The first-order valence-corrected chi connectivity index (χ1v) is 7.44. The van der Waals surface area contributed by atoms with Gasteiger partial charge in [-0.15, -0.1) is 0 Å². The van der Waals surface area contributed by atoms with Gasteiger partial charge in [0.15, 0.2) is 6.10 Å². The zero-order chi connectivity index (χ0) is 16.0. The molecule has 0 spiro atoms. The minimum Gasteiger partial charge on any atom is -0.453 e. The predicted octanol–water partition coefficient (Wildman–Crippen LogP) is 3.95. The zero-order valence-corrected chi connectivity index (χ0v) is 13.7. The van der Waals surface area contributed by atoms with Crippen LogP contribution in [0.25, 0.3) is 0 Å². The van der Waals surface area contributed by atoms with E-state index in [9.17, 15) is 9.59 Å². The number of amides is 1. The van der Waals surface area contributed by atoms with E-state index >= 15 is 0 Å². The van der Waals surface area contributed by atoms with Crippen molar-refractivity contribution in [3.8, 4) is 0 Å². The molecule has 0 aliphatic carbocycles. The Hall–Kier alpha value is -1.55. The fraction of sp³-hybridized carbons (Fsp3) is 0.500. The van der Waals surface area contributed by atoms with Gasteiger partial charge < -0.3 is 10.1 Å². The molecule has 0 aromatic heterocycles. The highest BCUT2D eigenvalue weighted by atomic mass is 35.5. The second kappa shape index (κ2) is 8.03. The van der Waals surface area contributed by atoms with Crippen LogP contribution in [0.15, 0.2) is 18.2 Å². The number of halogens is 1. The summed E-state index contributed by atoms with van der Waals surface area (Å²) in [6, 6.07) is 5.26. The van der Waals surface area contributed by atoms with E-state index in [0.717, 1.165) is 12.0 Å². The third-order valence-electron chi connectivity index (χ3n) is 3.13. The lowest BCUT2D eigenvalue weighted by atomic mass is 10.1. The third kappa shape index (κ3) is 5.76. The highest BCUT2D eigenvalue weighted by molar-refractivity contribution is 6.31. The van der Waals surface area contributed by atoms with Gasteiger partial charge in [-0.2, -0.15) is 0 Å². The molecule has 1 N–H and O–H groups in total. The van der Waals surface area contributed by atoms with Gasteiger partial charge in [0.2, 0.25) is 0 Å². The normalized spacial score (nSPS) is 12.1. The van der Waals surface area contributed by atoms with Crippen molar-refractivity contribution in [3.63, 3.8) is 0 Å². The molecular formula is C16H22ClNO3.